The first-order valence-corrected chi connectivity index (χ1v) is 16.7. The fourth-order valence-electron chi connectivity index (χ4n) is 4.12. The summed E-state index contributed by atoms with van der Waals surface area (Å²) in [5.74, 6) is -0.792. The zero-order valence-corrected chi connectivity index (χ0v) is 30.7. The van der Waals surface area contributed by atoms with Crippen LogP contribution in [0.25, 0.3) is 0 Å². The van der Waals surface area contributed by atoms with Crippen molar-refractivity contribution in [1.29, 1.82) is 0 Å². The Morgan fingerprint density at radius 3 is 1.53 bits per heavy atom. The maximum atomic E-state index is 13.0. The highest BCUT2D eigenvalue weighted by molar-refractivity contribution is 5.81. The molecule has 0 aromatic carbocycles. The summed E-state index contributed by atoms with van der Waals surface area (Å²) in [5, 5.41) is 24.5. The van der Waals surface area contributed by atoms with Crippen molar-refractivity contribution in [3.05, 3.63) is 0 Å². The molecule has 0 rings (SSSR count). The van der Waals surface area contributed by atoms with Crippen molar-refractivity contribution in [2.45, 2.75) is 142 Å². The molecule has 0 heterocycles. The van der Waals surface area contributed by atoms with Crippen LogP contribution in [0.2, 0.25) is 0 Å². The zero-order valence-electron chi connectivity index (χ0n) is 30.7. The average molecular weight is 704 g/mol. The zero-order chi connectivity index (χ0) is 37.8. The van der Waals surface area contributed by atoms with E-state index in [4.69, 9.17) is 25.1 Å². The van der Waals surface area contributed by atoms with Crippen LogP contribution in [0.1, 0.15) is 107 Å². The fourth-order valence-corrected chi connectivity index (χ4v) is 4.12. The third kappa shape index (κ3) is 27.6. The molecular formula is C32H61N7O10. The van der Waals surface area contributed by atoms with Crippen molar-refractivity contribution in [2.24, 2.45) is 5.73 Å². The Morgan fingerprint density at radius 1 is 0.592 bits per heavy atom. The maximum Gasteiger partial charge on any atom is 0.407 e. The van der Waals surface area contributed by atoms with Crippen LogP contribution in [0.15, 0.2) is 0 Å². The third-order valence-electron chi connectivity index (χ3n) is 6.15. The van der Waals surface area contributed by atoms with Gasteiger partial charge in [0.1, 0.15) is 16.8 Å². The molecular weight excluding hydrogens is 642 g/mol. The molecule has 0 aliphatic carbocycles. The Labute approximate surface area is 290 Å². The Morgan fingerprint density at radius 2 is 1.02 bits per heavy atom. The van der Waals surface area contributed by atoms with Gasteiger partial charge in [-0.3, -0.25) is 9.59 Å². The lowest BCUT2D eigenvalue weighted by molar-refractivity contribution is -0.123. The van der Waals surface area contributed by atoms with Crippen LogP contribution in [-0.2, 0) is 23.8 Å². The number of nitrogens with one attached hydrogen (secondary N) is 6. The number of amides is 6. The molecule has 0 aromatic rings. The second-order valence-electron chi connectivity index (χ2n) is 14.7. The van der Waals surface area contributed by atoms with Gasteiger partial charge in [0.15, 0.2) is 0 Å². The highest BCUT2D eigenvalue weighted by Gasteiger charge is 2.24. The highest BCUT2D eigenvalue weighted by Crippen LogP contribution is 2.11. The molecule has 0 aliphatic heterocycles. The smallest absolute Gasteiger partial charge is 0.407 e. The highest BCUT2D eigenvalue weighted by atomic mass is 16.6. The van der Waals surface area contributed by atoms with Gasteiger partial charge in [-0.2, -0.15) is 0 Å². The van der Waals surface area contributed by atoms with Gasteiger partial charge in [0.05, 0.1) is 6.04 Å². The van der Waals surface area contributed by atoms with Crippen molar-refractivity contribution >= 4 is 36.2 Å². The first kappa shape index (κ1) is 45.0. The van der Waals surface area contributed by atoms with Crippen LogP contribution in [0, 0.1) is 0 Å². The van der Waals surface area contributed by atoms with Gasteiger partial charge >= 0.3 is 24.4 Å². The van der Waals surface area contributed by atoms with Gasteiger partial charge in [0, 0.05) is 44.7 Å². The second-order valence-corrected chi connectivity index (χ2v) is 14.7. The molecule has 17 nitrogen and oxygen atoms in total. The van der Waals surface area contributed by atoms with Gasteiger partial charge in [0.25, 0.3) is 0 Å². The first-order chi connectivity index (χ1) is 22.5. The number of hydrogen-bond donors (Lipinski definition) is 8. The van der Waals surface area contributed by atoms with E-state index in [1.807, 2.05) is 0 Å². The number of carbonyl (C=O) groups excluding carboxylic acids is 5. The fraction of sp³-hybridized carbons (Fsp3) is 0.812. The molecule has 17 heteroatoms. The topological polar surface area (TPSA) is 249 Å². The molecule has 0 saturated heterocycles. The Balaban J connectivity index is 5.21. The molecule has 0 bridgehead atoms. The van der Waals surface area contributed by atoms with Gasteiger partial charge in [0.2, 0.25) is 11.8 Å². The van der Waals surface area contributed by atoms with E-state index in [0.29, 0.717) is 38.5 Å². The quantitative estimate of drug-likeness (QED) is 0.0718. The molecule has 0 fully saturated rings. The van der Waals surface area contributed by atoms with E-state index in [2.05, 4.69) is 31.9 Å². The van der Waals surface area contributed by atoms with Crippen LogP contribution in [0.3, 0.4) is 0 Å². The SMILES string of the molecule is CC(C)(C)OC(=O)NCCC[C@@H](CNC(=O)C[C@H](CCCNC(=O)[C@@H](N)CCCNC(=O)O)NC(=O)OC(C)(C)C)NC(=O)OC(C)(C)C. The number of carboxylic acid groups (broad SMARTS) is 1. The number of nitrogens with two attached hydrogens (primary N) is 1. The lowest BCUT2D eigenvalue weighted by Crippen LogP contribution is -2.47. The van der Waals surface area contributed by atoms with Crippen molar-refractivity contribution in [1.82, 2.24) is 31.9 Å². The van der Waals surface area contributed by atoms with E-state index in [9.17, 15) is 28.8 Å². The maximum absolute atomic E-state index is 13.0. The molecule has 0 unspecified atom stereocenters. The van der Waals surface area contributed by atoms with Crippen LogP contribution in [-0.4, -0.2) is 102 Å². The van der Waals surface area contributed by atoms with Crippen LogP contribution in [0.4, 0.5) is 19.2 Å². The minimum Gasteiger partial charge on any atom is -0.465 e. The minimum absolute atomic E-state index is 0.0552. The largest absolute Gasteiger partial charge is 0.465 e. The van der Waals surface area contributed by atoms with Crippen LogP contribution in [0.5, 0.6) is 0 Å². The number of carbonyl (C=O) groups is 6. The average Bonchev–Trinajstić information content (AvgIpc) is 2.90. The summed E-state index contributed by atoms with van der Waals surface area (Å²) in [4.78, 5) is 72.9. The Hall–Kier alpha value is -4.02. The lowest BCUT2D eigenvalue weighted by Gasteiger charge is -2.25. The Bertz CT molecular complexity index is 1070. The van der Waals surface area contributed by atoms with E-state index >= 15 is 0 Å². The van der Waals surface area contributed by atoms with E-state index in [1.165, 1.54) is 0 Å². The summed E-state index contributed by atoms with van der Waals surface area (Å²) in [7, 11) is 0. The van der Waals surface area contributed by atoms with Gasteiger partial charge < -0.3 is 57.0 Å². The van der Waals surface area contributed by atoms with Gasteiger partial charge in [-0.15, -0.1) is 0 Å². The second kappa shape index (κ2) is 21.8. The molecule has 6 amide bonds. The molecule has 0 aliphatic rings. The van der Waals surface area contributed by atoms with E-state index in [-0.39, 0.29) is 32.6 Å². The van der Waals surface area contributed by atoms with Crippen molar-refractivity contribution in [3.63, 3.8) is 0 Å². The monoisotopic (exact) mass is 703 g/mol. The molecule has 0 aromatic heterocycles. The summed E-state index contributed by atoms with van der Waals surface area (Å²) < 4.78 is 16.0. The Kier molecular flexibility index (Phi) is 20.1. The lowest BCUT2D eigenvalue weighted by atomic mass is 10.1. The van der Waals surface area contributed by atoms with Crippen molar-refractivity contribution < 1.29 is 48.1 Å². The van der Waals surface area contributed by atoms with Crippen LogP contribution < -0.4 is 37.6 Å². The summed E-state index contributed by atoms with van der Waals surface area (Å²) >= 11 is 0. The van der Waals surface area contributed by atoms with Crippen LogP contribution >= 0.6 is 0 Å². The van der Waals surface area contributed by atoms with Gasteiger partial charge in [-0.1, -0.05) is 0 Å². The standard InChI is InChI=1S/C32H61N7O10/c1-30(2,3)47-27(44)36-18-11-14-22(39-29(46)49-32(7,8)9)20-37-24(40)19-21(38-28(45)48-31(4,5)6)13-10-16-34-25(41)23(33)15-12-17-35-26(42)43/h21-23,35H,10-20,33H2,1-9H3,(H,34,41)(H,36,44)(H,37,40)(H,38,45)(H,39,46)(H,42,43)/t21-,22-,23-/m0/s1. The number of rotatable bonds is 19. The van der Waals surface area contributed by atoms with Crippen molar-refractivity contribution in [3.8, 4) is 0 Å². The summed E-state index contributed by atoms with van der Waals surface area (Å²) in [6.07, 6.45) is -0.905. The number of hydrogen-bond acceptors (Lipinski definition) is 10. The predicted octanol–water partition coefficient (Wildman–Crippen LogP) is 2.86. The third-order valence-corrected chi connectivity index (χ3v) is 6.15. The van der Waals surface area contributed by atoms with E-state index in [0.717, 1.165) is 0 Å². The number of ether oxygens (including phenoxy) is 3. The van der Waals surface area contributed by atoms with Crippen molar-refractivity contribution in [2.75, 3.05) is 26.2 Å². The van der Waals surface area contributed by atoms with E-state index < -0.39 is 71.1 Å². The minimum atomic E-state index is -1.15. The molecule has 49 heavy (non-hydrogen) atoms. The molecule has 3 atom stereocenters. The van der Waals surface area contributed by atoms with E-state index in [1.54, 1.807) is 62.3 Å². The molecule has 9 N–H and O–H groups in total. The summed E-state index contributed by atoms with van der Waals surface area (Å²) in [6.45, 7) is 16.3. The first-order valence-electron chi connectivity index (χ1n) is 16.7. The molecule has 0 spiro atoms. The normalized spacial score (nSPS) is 13.5. The molecule has 284 valence electrons. The molecule has 0 saturated carbocycles. The number of alkyl carbamates (subject to hydrolysis) is 3. The molecule has 0 radical (unpaired) electrons. The van der Waals surface area contributed by atoms with Gasteiger partial charge in [-0.25, -0.2) is 19.2 Å². The van der Waals surface area contributed by atoms with Gasteiger partial charge in [-0.05, 0) is 101 Å². The predicted molar refractivity (Wildman–Crippen MR) is 183 cm³/mol. The summed E-state index contributed by atoms with van der Waals surface area (Å²) in [5.41, 5.74) is 3.74. The summed E-state index contributed by atoms with van der Waals surface area (Å²) in [6, 6.07) is -1.99.